The maximum atomic E-state index is 9.02. The van der Waals surface area contributed by atoms with Gasteiger partial charge >= 0.3 is 0 Å². The molecule has 0 radical (unpaired) electrons. The highest BCUT2D eigenvalue weighted by Crippen LogP contribution is 2.03. The molecule has 1 heteroatoms. The van der Waals surface area contributed by atoms with Crippen molar-refractivity contribution in [3.05, 3.63) is 42.0 Å². The zero-order valence-electron chi connectivity index (χ0n) is 7.98. The Morgan fingerprint density at radius 3 is 2.62 bits per heavy atom. The predicted molar refractivity (Wildman–Crippen MR) is 56.4 cm³/mol. The average Bonchev–Trinajstić information content (AvgIpc) is 2.14. The monoisotopic (exact) mass is 176 g/mol. The van der Waals surface area contributed by atoms with E-state index < -0.39 is 0 Å². The Bertz CT molecular complexity index is 249. The van der Waals surface area contributed by atoms with E-state index in [1.54, 1.807) is 0 Å². The Balaban J connectivity index is 2.33. The molecule has 0 aliphatic carbocycles. The first-order valence-electron chi connectivity index (χ1n) is 4.68. The summed E-state index contributed by atoms with van der Waals surface area (Å²) in [5.41, 5.74) is 1.22. The molecule has 0 saturated carbocycles. The van der Waals surface area contributed by atoms with Crippen molar-refractivity contribution in [1.82, 2.24) is 0 Å². The third kappa shape index (κ3) is 4.48. The van der Waals surface area contributed by atoms with Crippen molar-refractivity contribution in [2.24, 2.45) is 0 Å². The van der Waals surface area contributed by atoms with Crippen LogP contribution in [0.4, 0.5) is 0 Å². The van der Waals surface area contributed by atoms with E-state index in [1.165, 1.54) is 5.56 Å². The number of rotatable bonds is 4. The van der Waals surface area contributed by atoms with Gasteiger partial charge < -0.3 is 5.11 Å². The number of aliphatic hydroxyl groups is 1. The molecule has 70 valence electrons. The van der Waals surface area contributed by atoms with Gasteiger partial charge in [-0.2, -0.15) is 0 Å². The van der Waals surface area contributed by atoms with Gasteiger partial charge in [0.2, 0.25) is 0 Å². The second-order valence-electron chi connectivity index (χ2n) is 3.24. The van der Waals surface area contributed by atoms with Crippen LogP contribution in [-0.4, -0.2) is 11.2 Å². The predicted octanol–water partition coefficient (Wildman–Crippen LogP) is 2.86. The summed E-state index contributed by atoms with van der Waals surface area (Å²) >= 11 is 0. The van der Waals surface area contributed by atoms with E-state index in [0.717, 1.165) is 12.8 Å². The summed E-state index contributed by atoms with van der Waals surface area (Å²) in [6, 6.07) is 10.2. The first-order valence-corrected chi connectivity index (χ1v) is 4.68. The molecule has 1 unspecified atom stereocenters. The Kier molecular flexibility index (Phi) is 4.27. The molecule has 0 saturated heterocycles. The van der Waals surface area contributed by atoms with E-state index in [4.69, 9.17) is 5.11 Å². The molecule has 1 aromatic carbocycles. The fourth-order valence-electron chi connectivity index (χ4n) is 1.12. The molecule has 0 aromatic heterocycles. The topological polar surface area (TPSA) is 20.2 Å². The average molecular weight is 176 g/mol. The zero-order valence-corrected chi connectivity index (χ0v) is 7.98. The Morgan fingerprint density at radius 1 is 1.31 bits per heavy atom. The second-order valence-corrected chi connectivity index (χ2v) is 3.24. The minimum absolute atomic E-state index is 0.194. The Hall–Kier alpha value is -1.08. The van der Waals surface area contributed by atoms with Gasteiger partial charge in [0.25, 0.3) is 0 Å². The number of allylic oxidation sites excluding steroid dienone is 1. The van der Waals surface area contributed by atoms with E-state index in [-0.39, 0.29) is 6.10 Å². The van der Waals surface area contributed by atoms with E-state index in [2.05, 4.69) is 24.3 Å². The molecule has 0 bridgehead atoms. The highest BCUT2D eigenvalue weighted by molar-refractivity contribution is 5.48. The molecule has 0 fully saturated rings. The van der Waals surface area contributed by atoms with Crippen molar-refractivity contribution >= 4 is 6.08 Å². The maximum Gasteiger partial charge on any atom is 0.0515 e. The Labute approximate surface area is 79.7 Å². The van der Waals surface area contributed by atoms with Gasteiger partial charge in [0, 0.05) is 0 Å². The largest absolute Gasteiger partial charge is 0.393 e. The summed E-state index contributed by atoms with van der Waals surface area (Å²) in [6.45, 7) is 1.82. The summed E-state index contributed by atoms with van der Waals surface area (Å²) in [6.07, 6.45) is 5.76. The van der Waals surface area contributed by atoms with Crippen molar-refractivity contribution in [3.8, 4) is 0 Å². The van der Waals surface area contributed by atoms with Gasteiger partial charge in [0.05, 0.1) is 6.10 Å². The molecular weight excluding hydrogens is 160 g/mol. The molecular formula is C12H16O. The molecule has 1 aromatic rings. The van der Waals surface area contributed by atoms with Crippen molar-refractivity contribution in [1.29, 1.82) is 0 Å². The highest BCUT2D eigenvalue weighted by Gasteiger charge is 1.90. The molecule has 1 rings (SSSR count). The van der Waals surface area contributed by atoms with Crippen LogP contribution >= 0.6 is 0 Å². The van der Waals surface area contributed by atoms with Gasteiger partial charge in [-0.1, -0.05) is 42.5 Å². The van der Waals surface area contributed by atoms with Gasteiger partial charge in [0.1, 0.15) is 0 Å². The molecule has 0 spiro atoms. The summed E-state index contributed by atoms with van der Waals surface area (Å²) in [5.74, 6) is 0. The van der Waals surface area contributed by atoms with Gasteiger partial charge in [0.15, 0.2) is 0 Å². The molecule has 0 aliphatic rings. The summed E-state index contributed by atoms with van der Waals surface area (Å²) in [7, 11) is 0. The minimum Gasteiger partial charge on any atom is -0.393 e. The normalized spacial score (nSPS) is 13.4. The summed E-state index contributed by atoms with van der Waals surface area (Å²) in [4.78, 5) is 0. The molecule has 0 aliphatic heterocycles. The van der Waals surface area contributed by atoms with Crippen LogP contribution in [0.25, 0.3) is 6.08 Å². The summed E-state index contributed by atoms with van der Waals surface area (Å²) in [5, 5.41) is 9.02. The lowest BCUT2D eigenvalue weighted by molar-refractivity contribution is 0.186. The quantitative estimate of drug-likeness (QED) is 0.748. The fraction of sp³-hybridized carbons (Fsp3) is 0.333. The van der Waals surface area contributed by atoms with Crippen LogP contribution in [-0.2, 0) is 0 Å². The van der Waals surface area contributed by atoms with Crippen LogP contribution in [0, 0.1) is 0 Å². The number of aliphatic hydroxyl groups excluding tert-OH is 1. The zero-order chi connectivity index (χ0) is 9.52. The SMILES string of the molecule is CC(O)CC/C=C/c1ccccc1. The first kappa shape index (κ1) is 10.0. The van der Waals surface area contributed by atoms with Crippen molar-refractivity contribution in [3.63, 3.8) is 0 Å². The van der Waals surface area contributed by atoms with E-state index in [9.17, 15) is 0 Å². The fourth-order valence-corrected chi connectivity index (χ4v) is 1.12. The summed E-state index contributed by atoms with van der Waals surface area (Å²) < 4.78 is 0. The molecule has 0 heterocycles. The minimum atomic E-state index is -0.194. The van der Waals surface area contributed by atoms with Crippen LogP contribution in [0.2, 0.25) is 0 Å². The van der Waals surface area contributed by atoms with Gasteiger partial charge in [-0.05, 0) is 25.3 Å². The number of hydrogen-bond acceptors (Lipinski definition) is 1. The van der Waals surface area contributed by atoms with Crippen LogP contribution in [0.1, 0.15) is 25.3 Å². The number of hydrogen-bond donors (Lipinski definition) is 1. The lowest BCUT2D eigenvalue weighted by Gasteiger charge is -1.98. The first-order chi connectivity index (χ1) is 6.29. The van der Waals surface area contributed by atoms with Crippen molar-refractivity contribution in [2.45, 2.75) is 25.9 Å². The van der Waals surface area contributed by atoms with Crippen molar-refractivity contribution < 1.29 is 5.11 Å². The maximum absolute atomic E-state index is 9.02. The second kappa shape index (κ2) is 5.55. The molecule has 1 atom stereocenters. The van der Waals surface area contributed by atoms with Crippen LogP contribution < -0.4 is 0 Å². The molecule has 1 N–H and O–H groups in total. The smallest absolute Gasteiger partial charge is 0.0515 e. The third-order valence-electron chi connectivity index (χ3n) is 1.86. The van der Waals surface area contributed by atoms with Crippen LogP contribution in [0.15, 0.2) is 36.4 Å². The molecule has 0 amide bonds. The highest BCUT2D eigenvalue weighted by atomic mass is 16.3. The van der Waals surface area contributed by atoms with Gasteiger partial charge in [-0.3, -0.25) is 0 Å². The lowest BCUT2D eigenvalue weighted by atomic mass is 10.1. The van der Waals surface area contributed by atoms with Crippen molar-refractivity contribution in [2.75, 3.05) is 0 Å². The van der Waals surface area contributed by atoms with Gasteiger partial charge in [-0.15, -0.1) is 0 Å². The molecule has 13 heavy (non-hydrogen) atoms. The standard InChI is InChI=1S/C12H16O/c1-11(13)7-5-6-10-12-8-3-2-4-9-12/h2-4,6,8-11,13H,5,7H2,1H3/b10-6+. The third-order valence-corrected chi connectivity index (χ3v) is 1.86. The van der Waals surface area contributed by atoms with E-state index in [0.29, 0.717) is 0 Å². The lowest BCUT2D eigenvalue weighted by Crippen LogP contribution is -1.96. The molecule has 1 nitrogen and oxygen atoms in total. The van der Waals surface area contributed by atoms with E-state index in [1.807, 2.05) is 25.1 Å². The van der Waals surface area contributed by atoms with Crippen LogP contribution in [0.5, 0.6) is 0 Å². The van der Waals surface area contributed by atoms with Gasteiger partial charge in [-0.25, -0.2) is 0 Å². The Morgan fingerprint density at radius 2 is 2.00 bits per heavy atom. The number of benzene rings is 1. The van der Waals surface area contributed by atoms with E-state index >= 15 is 0 Å². The van der Waals surface area contributed by atoms with Crippen LogP contribution in [0.3, 0.4) is 0 Å².